The molecule has 1 saturated heterocycles. The van der Waals surface area contributed by atoms with Crippen LogP contribution in [0.25, 0.3) is 0 Å². The molecule has 1 aliphatic heterocycles. The number of carbonyl (C=O) groups excluding carboxylic acids is 3. The number of nitrogens with one attached hydrogen (secondary N) is 1. The average Bonchev–Trinajstić information content (AvgIpc) is 2.38. The minimum Gasteiger partial charge on any atom is -0.495 e. The van der Waals surface area contributed by atoms with Crippen molar-refractivity contribution in [2.45, 2.75) is 6.42 Å². The summed E-state index contributed by atoms with van der Waals surface area (Å²) in [6, 6.07) is 1.98. The molecule has 1 fully saturated rings. The third-order valence-corrected chi connectivity index (χ3v) is 3.00. The third kappa shape index (κ3) is 2.39. The van der Waals surface area contributed by atoms with E-state index in [1.165, 1.54) is 26.4 Å². The lowest BCUT2D eigenvalue weighted by molar-refractivity contribution is -0.128. The van der Waals surface area contributed by atoms with E-state index in [9.17, 15) is 14.4 Å². The second-order valence-electron chi connectivity index (χ2n) is 3.92. The Labute approximate surface area is 119 Å². The smallest absolute Gasteiger partial charge is 0.335 e. The highest BCUT2D eigenvalue weighted by Crippen LogP contribution is 2.38. The molecule has 0 bridgehead atoms. The molecule has 0 unspecified atom stereocenters. The number of ether oxygens (including phenoxy) is 2. The highest BCUT2D eigenvalue weighted by atomic mass is 35.5. The Morgan fingerprint density at radius 3 is 2.35 bits per heavy atom. The lowest BCUT2D eigenvalue weighted by Crippen LogP contribution is -2.53. The summed E-state index contributed by atoms with van der Waals surface area (Å²) in [6.07, 6.45) is -0.417. The van der Waals surface area contributed by atoms with Gasteiger partial charge in [-0.3, -0.25) is 14.9 Å². The van der Waals surface area contributed by atoms with Crippen LogP contribution in [0.4, 0.5) is 10.5 Å². The van der Waals surface area contributed by atoms with Gasteiger partial charge in [-0.25, -0.2) is 9.69 Å². The minimum absolute atomic E-state index is 0.156. The maximum Gasteiger partial charge on any atom is 0.335 e. The highest BCUT2D eigenvalue weighted by molar-refractivity contribution is 6.33. The van der Waals surface area contributed by atoms with Crippen molar-refractivity contribution in [2.24, 2.45) is 0 Å². The number of halogens is 1. The molecule has 7 nitrogen and oxygen atoms in total. The minimum atomic E-state index is -0.839. The van der Waals surface area contributed by atoms with Gasteiger partial charge in [-0.2, -0.15) is 0 Å². The van der Waals surface area contributed by atoms with E-state index in [0.29, 0.717) is 0 Å². The van der Waals surface area contributed by atoms with Gasteiger partial charge in [-0.1, -0.05) is 11.6 Å². The first-order valence-corrected chi connectivity index (χ1v) is 5.94. The van der Waals surface area contributed by atoms with Crippen molar-refractivity contribution < 1.29 is 23.9 Å². The van der Waals surface area contributed by atoms with Crippen LogP contribution in [0.5, 0.6) is 11.5 Å². The van der Waals surface area contributed by atoms with Crippen LogP contribution in [0.1, 0.15) is 6.42 Å². The molecule has 1 aliphatic rings. The Morgan fingerprint density at radius 1 is 1.15 bits per heavy atom. The maximum atomic E-state index is 11.9. The van der Waals surface area contributed by atoms with E-state index in [1.807, 2.05) is 0 Å². The van der Waals surface area contributed by atoms with Gasteiger partial charge >= 0.3 is 6.03 Å². The Kier molecular flexibility index (Phi) is 3.80. The number of rotatable bonds is 3. The van der Waals surface area contributed by atoms with E-state index in [1.54, 1.807) is 0 Å². The SMILES string of the molecule is COc1cc(N2C(=O)CC(=O)NC2=O)c(OC)cc1Cl. The van der Waals surface area contributed by atoms with Crippen LogP contribution in [0.15, 0.2) is 12.1 Å². The second-order valence-corrected chi connectivity index (χ2v) is 4.33. The number of methoxy groups -OCH3 is 2. The molecule has 1 aromatic carbocycles. The highest BCUT2D eigenvalue weighted by Gasteiger charge is 2.34. The van der Waals surface area contributed by atoms with Crippen molar-refractivity contribution in [2.75, 3.05) is 19.1 Å². The van der Waals surface area contributed by atoms with Gasteiger partial charge in [0.05, 0.1) is 24.9 Å². The van der Waals surface area contributed by atoms with E-state index >= 15 is 0 Å². The molecular formula is C12H11ClN2O5. The summed E-state index contributed by atoms with van der Waals surface area (Å²) < 4.78 is 10.1. The molecule has 106 valence electrons. The molecule has 4 amide bonds. The van der Waals surface area contributed by atoms with Gasteiger partial charge in [0.15, 0.2) is 0 Å². The lowest BCUT2D eigenvalue weighted by atomic mass is 10.2. The predicted octanol–water partition coefficient (Wildman–Crippen LogP) is 1.33. The monoisotopic (exact) mass is 298 g/mol. The molecule has 0 saturated carbocycles. The number of imide groups is 2. The van der Waals surface area contributed by atoms with Crippen LogP contribution < -0.4 is 19.7 Å². The summed E-state index contributed by atoms with van der Waals surface area (Å²) in [5.41, 5.74) is 0.156. The third-order valence-electron chi connectivity index (χ3n) is 2.70. The van der Waals surface area contributed by atoms with Gasteiger partial charge in [0.1, 0.15) is 17.9 Å². The average molecular weight is 299 g/mol. The normalized spacial score (nSPS) is 15.2. The van der Waals surface area contributed by atoms with Crippen LogP contribution in [-0.4, -0.2) is 32.1 Å². The molecule has 0 aliphatic carbocycles. The number of amides is 4. The van der Waals surface area contributed by atoms with Crippen LogP contribution in [0, 0.1) is 0 Å². The van der Waals surface area contributed by atoms with Gasteiger partial charge in [0, 0.05) is 12.1 Å². The fraction of sp³-hybridized carbons (Fsp3) is 0.250. The van der Waals surface area contributed by atoms with Crippen LogP contribution in [0.2, 0.25) is 5.02 Å². The standard InChI is InChI=1S/C12H11ClN2O5/c1-19-8-4-7(9(20-2)3-6(8)13)15-11(17)5-10(16)14-12(15)18/h3-4H,5H2,1-2H3,(H,14,16,18). The second kappa shape index (κ2) is 5.38. The molecule has 0 aromatic heterocycles. The van der Waals surface area contributed by atoms with E-state index in [4.69, 9.17) is 21.1 Å². The zero-order chi connectivity index (χ0) is 14.9. The van der Waals surface area contributed by atoms with Gasteiger partial charge < -0.3 is 9.47 Å². The number of barbiturate groups is 1. The summed E-state index contributed by atoms with van der Waals surface area (Å²) in [7, 11) is 2.78. The van der Waals surface area contributed by atoms with E-state index < -0.39 is 24.3 Å². The first-order chi connectivity index (χ1) is 9.47. The van der Waals surface area contributed by atoms with Crippen molar-refractivity contribution >= 4 is 35.1 Å². The molecule has 1 aromatic rings. The zero-order valence-corrected chi connectivity index (χ0v) is 11.5. The lowest BCUT2D eigenvalue weighted by Gasteiger charge is -2.26. The summed E-state index contributed by atoms with van der Waals surface area (Å²) in [4.78, 5) is 35.6. The summed E-state index contributed by atoms with van der Waals surface area (Å²) >= 11 is 5.95. The molecule has 2 rings (SSSR count). The fourth-order valence-electron chi connectivity index (χ4n) is 1.81. The van der Waals surface area contributed by atoms with Crippen molar-refractivity contribution in [1.29, 1.82) is 0 Å². The largest absolute Gasteiger partial charge is 0.495 e. The number of anilines is 1. The molecule has 0 radical (unpaired) electrons. The number of carbonyl (C=O) groups is 3. The Morgan fingerprint density at radius 2 is 1.80 bits per heavy atom. The first kappa shape index (κ1) is 14.1. The Bertz CT molecular complexity index is 582. The van der Waals surface area contributed by atoms with E-state index in [0.717, 1.165) is 4.90 Å². The number of urea groups is 1. The number of hydrogen-bond acceptors (Lipinski definition) is 5. The quantitative estimate of drug-likeness (QED) is 0.851. The predicted molar refractivity (Wildman–Crippen MR) is 70.2 cm³/mol. The molecule has 0 spiro atoms. The number of hydrogen-bond donors (Lipinski definition) is 1. The van der Waals surface area contributed by atoms with Gasteiger partial charge in [-0.15, -0.1) is 0 Å². The molecule has 1 N–H and O–H groups in total. The number of benzene rings is 1. The molecule has 20 heavy (non-hydrogen) atoms. The summed E-state index contributed by atoms with van der Waals surface area (Å²) in [6.45, 7) is 0. The molecule has 0 atom stereocenters. The van der Waals surface area contributed by atoms with Crippen molar-refractivity contribution in [1.82, 2.24) is 5.32 Å². The summed E-state index contributed by atoms with van der Waals surface area (Å²) in [5, 5.41) is 2.33. The maximum absolute atomic E-state index is 11.9. The first-order valence-electron chi connectivity index (χ1n) is 5.56. The fourth-order valence-corrected chi connectivity index (χ4v) is 2.04. The van der Waals surface area contributed by atoms with Crippen LogP contribution in [0.3, 0.4) is 0 Å². The van der Waals surface area contributed by atoms with E-state index in [-0.39, 0.29) is 22.2 Å². The van der Waals surface area contributed by atoms with Gasteiger partial charge in [0.25, 0.3) is 0 Å². The van der Waals surface area contributed by atoms with Crippen molar-refractivity contribution in [3.8, 4) is 11.5 Å². The zero-order valence-electron chi connectivity index (χ0n) is 10.7. The Hall–Kier alpha value is -2.28. The summed E-state index contributed by atoms with van der Waals surface area (Å²) in [5.74, 6) is -0.800. The topological polar surface area (TPSA) is 84.9 Å². The van der Waals surface area contributed by atoms with Crippen molar-refractivity contribution in [3.63, 3.8) is 0 Å². The number of nitrogens with zero attached hydrogens (tertiary/aromatic N) is 1. The molecule has 8 heteroatoms. The molecule has 1 heterocycles. The van der Waals surface area contributed by atoms with Gasteiger partial charge in [-0.05, 0) is 0 Å². The van der Waals surface area contributed by atoms with Crippen molar-refractivity contribution in [3.05, 3.63) is 17.2 Å². The van der Waals surface area contributed by atoms with E-state index in [2.05, 4.69) is 5.32 Å². The molecular weight excluding hydrogens is 288 g/mol. The Balaban J connectivity index is 2.53. The van der Waals surface area contributed by atoms with Crippen LogP contribution >= 0.6 is 11.6 Å². The van der Waals surface area contributed by atoms with Gasteiger partial charge in [0.2, 0.25) is 11.8 Å². The van der Waals surface area contributed by atoms with Crippen LogP contribution in [-0.2, 0) is 9.59 Å².